The van der Waals surface area contributed by atoms with Crippen LogP contribution in [0.15, 0.2) is 0 Å². The van der Waals surface area contributed by atoms with E-state index in [-0.39, 0.29) is 0 Å². The van der Waals surface area contributed by atoms with Gasteiger partial charge in [-0.2, -0.15) is 0 Å². The zero-order valence-electron chi connectivity index (χ0n) is 10.1. The summed E-state index contributed by atoms with van der Waals surface area (Å²) in [6, 6.07) is 0. The number of hydrogen-bond donors (Lipinski definition) is 0. The van der Waals surface area contributed by atoms with Crippen molar-refractivity contribution in [2.24, 2.45) is 5.92 Å². The second kappa shape index (κ2) is 5.17. The van der Waals surface area contributed by atoms with Crippen molar-refractivity contribution in [2.45, 2.75) is 57.9 Å². The lowest BCUT2D eigenvalue weighted by Crippen LogP contribution is -2.13. The summed E-state index contributed by atoms with van der Waals surface area (Å²) < 4.78 is 2.24. The molecule has 0 spiro atoms. The largest absolute Gasteiger partial charge is 0.314 e. The Kier molecular flexibility index (Phi) is 3.85. The van der Waals surface area contributed by atoms with Gasteiger partial charge in [0.1, 0.15) is 11.6 Å². The lowest BCUT2D eigenvalue weighted by Gasteiger charge is -2.16. The highest BCUT2D eigenvalue weighted by Gasteiger charge is 2.29. The molecule has 3 nitrogen and oxygen atoms in total. The third-order valence-electron chi connectivity index (χ3n) is 3.62. The van der Waals surface area contributed by atoms with E-state index in [4.69, 9.17) is 11.6 Å². The van der Waals surface area contributed by atoms with Crippen LogP contribution in [0.5, 0.6) is 0 Å². The first-order valence-electron chi connectivity index (χ1n) is 6.25. The van der Waals surface area contributed by atoms with Crippen molar-refractivity contribution in [1.82, 2.24) is 14.8 Å². The van der Waals surface area contributed by atoms with Gasteiger partial charge in [0.05, 0.1) is 5.88 Å². The molecule has 4 heteroatoms. The van der Waals surface area contributed by atoms with Crippen LogP contribution in [0.4, 0.5) is 0 Å². The Morgan fingerprint density at radius 2 is 2.19 bits per heavy atom. The van der Waals surface area contributed by atoms with Gasteiger partial charge in [-0.15, -0.1) is 21.8 Å². The lowest BCUT2D eigenvalue weighted by atomic mass is 9.97. The van der Waals surface area contributed by atoms with E-state index >= 15 is 0 Å². The first kappa shape index (κ1) is 11.9. The molecule has 0 saturated heterocycles. The van der Waals surface area contributed by atoms with E-state index in [0.29, 0.717) is 11.8 Å². The molecule has 0 bridgehead atoms. The van der Waals surface area contributed by atoms with Gasteiger partial charge in [-0.05, 0) is 25.2 Å². The van der Waals surface area contributed by atoms with Crippen molar-refractivity contribution in [3.8, 4) is 0 Å². The number of hydrogen-bond acceptors (Lipinski definition) is 2. The van der Waals surface area contributed by atoms with Crippen molar-refractivity contribution in [3.63, 3.8) is 0 Å². The summed E-state index contributed by atoms with van der Waals surface area (Å²) in [6.07, 6.45) is 5.00. The Bertz CT molecular complexity index is 348. The topological polar surface area (TPSA) is 30.7 Å². The molecule has 90 valence electrons. The molecule has 1 aromatic rings. The van der Waals surface area contributed by atoms with Crippen molar-refractivity contribution in [3.05, 3.63) is 11.6 Å². The van der Waals surface area contributed by atoms with Gasteiger partial charge in [-0.3, -0.25) is 0 Å². The van der Waals surface area contributed by atoms with E-state index in [2.05, 4.69) is 28.6 Å². The van der Waals surface area contributed by atoms with Crippen molar-refractivity contribution in [1.29, 1.82) is 0 Å². The summed E-state index contributed by atoms with van der Waals surface area (Å²) >= 11 is 5.90. The van der Waals surface area contributed by atoms with Crippen molar-refractivity contribution in [2.75, 3.05) is 0 Å². The summed E-state index contributed by atoms with van der Waals surface area (Å²) in [5.74, 6) is 3.90. The zero-order valence-corrected chi connectivity index (χ0v) is 10.9. The molecule has 1 aromatic heterocycles. The predicted molar refractivity (Wildman–Crippen MR) is 65.6 cm³/mol. The van der Waals surface area contributed by atoms with E-state index in [1.54, 1.807) is 0 Å². The lowest BCUT2D eigenvalue weighted by molar-refractivity contribution is 0.477. The highest BCUT2D eigenvalue weighted by atomic mass is 35.5. The van der Waals surface area contributed by atoms with Gasteiger partial charge in [-0.25, -0.2) is 0 Å². The molecule has 0 amide bonds. The quantitative estimate of drug-likeness (QED) is 0.757. The van der Waals surface area contributed by atoms with Crippen LogP contribution in [0.1, 0.15) is 57.1 Å². The SMILES string of the molecule is CCCn1c(CCl)nnc1C1CCCC1C. The molecule has 0 N–H and O–H groups in total. The van der Waals surface area contributed by atoms with Crippen LogP contribution in [0.3, 0.4) is 0 Å². The summed E-state index contributed by atoms with van der Waals surface area (Å²) in [5.41, 5.74) is 0. The Morgan fingerprint density at radius 1 is 1.38 bits per heavy atom. The standard InChI is InChI=1S/C12H20ClN3/c1-3-7-16-11(8-13)14-15-12(16)10-6-4-5-9(10)2/h9-10H,3-8H2,1-2H3. The minimum atomic E-state index is 0.466. The summed E-state index contributed by atoms with van der Waals surface area (Å²) in [6.45, 7) is 5.50. The predicted octanol–water partition coefficient (Wildman–Crippen LogP) is 3.33. The number of alkyl halides is 1. The molecule has 2 rings (SSSR count). The van der Waals surface area contributed by atoms with Gasteiger partial charge in [0.2, 0.25) is 0 Å². The minimum absolute atomic E-state index is 0.466. The second-order valence-electron chi connectivity index (χ2n) is 4.77. The third kappa shape index (κ3) is 2.10. The van der Waals surface area contributed by atoms with Crippen LogP contribution in [-0.4, -0.2) is 14.8 Å². The zero-order chi connectivity index (χ0) is 11.5. The van der Waals surface area contributed by atoms with Crippen LogP contribution in [0.2, 0.25) is 0 Å². The minimum Gasteiger partial charge on any atom is -0.314 e. The average Bonchev–Trinajstić information content (AvgIpc) is 2.85. The number of aromatic nitrogens is 3. The maximum absolute atomic E-state index is 5.90. The molecule has 0 aliphatic heterocycles. The molecule has 2 atom stereocenters. The molecule has 1 fully saturated rings. The molecule has 1 heterocycles. The molecular weight excluding hydrogens is 222 g/mol. The molecule has 1 aliphatic rings. The second-order valence-corrected chi connectivity index (χ2v) is 5.04. The van der Waals surface area contributed by atoms with Gasteiger partial charge in [-0.1, -0.05) is 20.3 Å². The highest BCUT2D eigenvalue weighted by Crippen LogP contribution is 2.38. The number of halogens is 1. The van der Waals surface area contributed by atoms with Gasteiger partial charge < -0.3 is 4.57 Å². The summed E-state index contributed by atoms with van der Waals surface area (Å²) in [5, 5.41) is 8.58. The maximum atomic E-state index is 5.90. The summed E-state index contributed by atoms with van der Waals surface area (Å²) in [7, 11) is 0. The van der Waals surface area contributed by atoms with E-state index < -0.39 is 0 Å². The Balaban J connectivity index is 2.28. The summed E-state index contributed by atoms with van der Waals surface area (Å²) in [4.78, 5) is 0. The molecular formula is C12H20ClN3. The Labute approximate surface area is 102 Å². The molecule has 1 aliphatic carbocycles. The normalized spacial score (nSPS) is 25.2. The van der Waals surface area contributed by atoms with Gasteiger partial charge in [0.15, 0.2) is 0 Å². The van der Waals surface area contributed by atoms with Crippen LogP contribution in [0.25, 0.3) is 0 Å². The molecule has 16 heavy (non-hydrogen) atoms. The molecule has 0 radical (unpaired) electrons. The Morgan fingerprint density at radius 3 is 2.75 bits per heavy atom. The van der Waals surface area contributed by atoms with Gasteiger partial charge >= 0.3 is 0 Å². The van der Waals surface area contributed by atoms with E-state index in [0.717, 1.165) is 24.7 Å². The third-order valence-corrected chi connectivity index (χ3v) is 3.85. The fourth-order valence-electron chi connectivity index (χ4n) is 2.72. The van der Waals surface area contributed by atoms with Crippen LogP contribution in [-0.2, 0) is 12.4 Å². The van der Waals surface area contributed by atoms with Crippen molar-refractivity contribution >= 4 is 11.6 Å². The molecule has 2 unspecified atom stereocenters. The highest BCUT2D eigenvalue weighted by molar-refractivity contribution is 6.16. The van der Waals surface area contributed by atoms with Crippen LogP contribution in [0, 0.1) is 5.92 Å². The number of rotatable bonds is 4. The first-order valence-corrected chi connectivity index (χ1v) is 6.79. The molecule has 1 saturated carbocycles. The Hall–Kier alpha value is -0.570. The monoisotopic (exact) mass is 241 g/mol. The smallest absolute Gasteiger partial charge is 0.147 e. The molecule has 0 aromatic carbocycles. The van der Waals surface area contributed by atoms with Gasteiger partial charge in [0, 0.05) is 12.5 Å². The fourth-order valence-corrected chi connectivity index (χ4v) is 2.92. The fraction of sp³-hybridized carbons (Fsp3) is 0.833. The van der Waals surface area contributed by atoms with Crippen LogP contribution >= 0.6 is 11.6 Å². The van der Waals surface area contributed by atoms with E-state index in [9.17, 15) is 0 Å². The average molecular weight is 242 g/mol. The van der Waals surface area contributed by atoms with E-state index in [1.807, 2.05) is 0 Å². The van der Waals surface area contributed by atoms with Gasteiger partial charge in [0.25, 0.3) is 0 Å². The maximum Gasteiger partial charge on any atom is 0.147 e. The van der Waals surface area contributed by atoms with Crippen molar-refractivity contribution < 1.29 is 0 Å². The number of nitrogens with zero attached hydrogens (tertiary/aromatic N) is 3. The van der Waals surface area contributed by atoms with Crippen LogP contribution < -0.4 is 0 Å². The van der Waals surface area contributed by atoms with E-state index in [1.165, 1.54) is 25.1 Å². The first-order chi connectivity index (χ1) is 7.77.